The number of carbonyl (C=O) groups excluding carboxylic acids is 2. The van der Waals surface area contributed by atoms with Crippen molar-refractivity contribution in [2.24, 2.45) is 0 Å². The highest BCUT2D eigenvalue weighted by atomic mass is 16.3. The fraction of sp³-hybridized carbons (Fsp3) is 0.471. The van der Waals surface area contributed by atoms with Crippen LogP contribution in [0.5, 0.6) is 0 Å². The second-order valence-corrected chi connectivity index (χ2v) is 6.15. The number of imidazole rings is 1. The average Bonchev–Trinajstić information content (AvgIpc) is 3.01. The second kappa shape index (κ2) is 7.52. The first-order valence-electron chi connectivity index (χ1n) is 8.47. The highest BCUT2D eigenvalue weighted by Crippen LogP contribution is 2.15. The van der Waals surface area contributed by atoms with Gasteiger partial charge in [-0.2, -0.15) is 0 Å². The molecule has 0 unspecified atom stereocenters. The molecule has 3 rings (SSSR count). The molecule has 0 saturated carbocycles. The number of aliphatic hydroxyl groups is 1. The van der Waals surface area contributed by atoms with Crippen LogP contribution in [-0.4, -0.2) is 64.2 Å². The number of carbonyl (C=O) groups is 2. The zero-order valence-electron chi connectivity index (χ0n) is 14.2. The summed E-state index contributed by atoms with van der Waals surface area (Å²) in [7, 11) is 0. The van der Waals surface area contributed by atoms with Crippen molar-refractivity contribution in [2.75, 3.05) is 26.2 Å². The molecule has 1 aliphatic rings. The normalized spacial score (nSPS) is 17.6. The molecule has 0 spiro atoms. The number of hydrogen-bond donors (Lipinski definition) is 4. The van der Waals surface area contributed by atoms with Crippen molar-refractivity contribution in [3.63, 3.8) is 0 Å². The van der Waals surface area contributed by atoms with Crippen LogP contribution in [-0.2, 0) is 11.2 Å². The van der Waals surface area contributed by atoms with E-state index in [-0.39, 0.29) is 25.0 Å². The van der Waals surface area contributed by atoms with E-state index in [1.807, 2.05) is 25.1 Å². The van der Waals surface area contributed by atoms with E-state index in [1.165, 1.54) is 4.90 Å². The molecule has 25 heavy (non-hydrogen) atoms. The maximum absolute atomic E-state index is 12.4. The largest absolute Gasteiger partial charge is 0.396 e. The van der Waals surface area contributed by atoms with Crippen molar-refractivity contribution < 1.29 is 14.7 Å². The van der Waals surface area contributed by atoms with Crippen molar-refractivity contribution in [2.45, 2.75) is 25.8 Å². The lowest BCUT2D eigenvalue weighted by Gasteiger charge is -2.34. The fourth-order valence-corrected chi connectivity index (χ4v) is 3.10. The van der Waals surface area contributed by atoms with Crippen LogP contribution in [0, 0.1) is 6.92 Å². The number of H-pyrrole nitrogens is 1. The molecule has 1 atom stereocenters. The molecule has 1 fully saturated rings. The number of nitrogens with zero attached hydrogens (tertiary/aromatic N) is 2. The molecule has 2 heterocycles. The molecule has 134 valence electrons. The van der Waals surface area contributed by atoms with Gasteiger partial charge in [0.15, 0.2) is 0 Å². The summed E-state index contributed by atoms with van der Waals surface area (Å²) in [5.41, 5.74) is 3.03. The number of fused-ring (bicyclic) bond motifs is 1. The topological polar surface area (TPSA) is 110 Å². The first-order chi connectivity index (χ1) is 12.1. The third-order valence-electron chi connectivity index (χ3n) is 4.40. The van der Waals surface area contributed by atoms with E-state index in [0.717, 1.165) is 22.4 Å². The lowest BCUT2D eigenvalue weighted by molar-refractivity contribution is -0.128. The van der Waals surface area contributed by atoms with Gasteiger partial charge < -0.3 is 25.6 Å². The van der Waals surface area contributed by atoms with Crippen LogP contribution in [0.25, 0.3) is 11.0 Å². The number of nitrogens with one attached hydrogen (secondary N) is 3. The predicted octanol–water partition coefficient (Wildman–Crippen LogP) is 0.306. The Bertz CT molecular complexity index is 773. The van der Waals surface area contributed by atoms with Gasteiger partial charge in [0.1, 0.15) is 11.9 Å². The first kappa shape index (κ1) is 17.2. The number of rotatable bonds is 5. The Morgan fingerprint density at radius 1 is 1.48 bits per heavy atom. The predicted molar refractivity (Wildman–Crippen MR) is 93.1 cm³/mol. The molecule has 0 aliphatic carbocycles. The molecule has 0 radical (unpaired) electrons. The van der Waals surface area contributed by atoms with Crippen LogP contribution in [0.3, 0.4) is 0 Å². The summed E-state index contributed by atoms with van der Waals surface area (Å²) in [6.07, 6.45) is 0.812. The summed E-state index contributed by atoms with van der Waals surface area (Å²) < 4.78 is 0. The number of aliphatic hydroxyl groups excluding tert-OH is 1. The molecule has 4 N–H and O–H groups in total. The van der Waals surface area contributed by atoms with Crippen LogP contribution in [0.2, 0.25) is 0 Å². The molecule has 0 bridgehead atoms. The number of benzene rings is 1. The zero-order chi connectivity index (χ0) is 17.8. The number of aromatic amines is 1. The monoisotopic (exact) mass is 345 g/mol. The van der Waals surface area contributed by atoms with E-state index < -0.39 is 6.04 Å². The summed E-state index contributed by atoms with van der Waals surface area (Å²) in [5, 5.41) is 14.7. The summed E-state index contributed by atoms with van der Waals surface area (Å²) in [5.74, 6) is 0.594. The maximum atomic E-state index is 12.4. The van der Waals surface area contributed by atoms with Crippen molar-refractivity contribution in [1.82, 2.24) is 25.5 Å². The number of para-hydroxylation sites is 1. The standard InChI is InChI=1S/C17H23N5O3/c1-11-3-2-4-12-15(11)21-14(20-12)5-7-19-17(25)22-9-8-18-16(24)13(22)6-10-23/h2-4,13,23H,5-10H2,1H3,(H,18,24)(H,19,25)(H,20,21)/t13-/m1/s1. The Labute approximate surface area is 145 Å². The minimum atomic E-state index is -0.618. The zero-order valence-corrected chi connectivity index (χ0v) is 14.2. The van der Waals surface area contributed by atoms with Gasteiger partial charge in [-0.15, -0.1) is 0 Å². The van der Waals surface area contributed by atoms with Crippen LogP contribution in [0.15, 0.2) is 18.2 Å². The van der Waals surface area contributed by atoms with E-state index in [2.05, 4.69) is 20.6 Å². The van der Waals surface area contributed by atoms with Crippen LogP contribution >= 0.6 is 0 Å². The Morgan fingerprint density at radius 3 is 3.08 bits per heavy atom. The summed E-state index contributed by atoms with van der Waals surface area (Å²) in [6, 6.07) is 5.05. The maximum Gasteiger partial charge on any atom is 0.318 e. The number of urea groups is 1. The first-order valence-corrected chi connectivity index (χ1v) is 8.47. The SMILES string of the molecule is Cc1cccc2[nH]c(CCNC(=O)N3CCNC(=O)[C@H]3CCO)nc12. The summed E-state index contributed by atoms with van der Waals surface area (Å²) in [4.78, 5) is 33.5. The minimum Gasteiger partial charge on any atom is -0.396 e. The van der Waals surface area contributed by atoms with Crippen LogP contribution in [0.1, 0.15) is 17.8 Å². The molecular formula is C17H23N5O3. The quantitative estimate of drug-likeness (QED) is 0.625. The summed E-state index contributed by atoms with van der Waals surface area (Å²) in [6.45, 7) is 3.16. The molecule has 8 nitrogen and oxygen atoms in total. The van der Waals surface area contributed by atoms with Gasteiger partial charge in [0, 0.05) is 32.7 Å². The van der Waals surface area contributed by atoms with E-state index in [9.17, 15) is 9.59 Å². The van der Waals surface area contributed by atoms with E-state index in [4.69, 9.17) is 5.11 Å². The van der Waals surface area contributed by atoms with E-state index >= 15 is 0 Å². The van der Waals surface area contributed by atoms with Crippen molar-refractivity contribution in [3.05, 3.63) is 29.6 Å². The van der Waals surface area contributed by atoms with Gasteiger partial charge in [-0.25, -0.2) is 9.78 Å². The third-order valence-corrected chi connectivity index (χ3v) is 4.40. The fourth-order valence-electron chi connectivity index (χ4n) is 3.10. The molecule has 1 aromatic heterocycles. The van der Waals surface area contributed by atoms with Crippen LogP contribution < -0.4 is 10.6 Å². The van der Waals surface area contributed by atoms with Gasteiger partial charge in [0.05, 0.1) is 11.0 Å². The number of aryl methyl sites for hydroxylation is 1. The molecule has 8 heteroatoms. The molecule has 1 aliphatic heterocycles. The van der Waals surface area contributed by atoms with Crippen LogP contribution in [0.4, 0.5) is 4.79 Å². The number of piperazine rings is 1. The van der Waals surface area contributed by atoms with Gasteiger partial charge >= 0.3 is 6.03 Å². The van der Waals surface area contributed by atoms with Gasteiger partial charge in [-0.05, 0) is 25.0 Å². The number of amides is 3. The van der Waals surface area contributed by atoms with Gasteiger partial charge in [-0.1, -0.05) is 12.1 Å². The molecule has 3 amide bonds. The minimum absolute atomic E-state index is 0.139. The number of aromatic nitrogens is 2. The Balaban J connectivity index is 1.57. The second-order valence-electron chi connectivity index (χ2n) is 6.15. The Kier molecular flexibility index (Phi) is 5.18. The van der Waals surface area contributed by atoms with E-state index in [0.29, 0.717) is 26.1 Å². The molecular weight excluding hydrogens is 322 g/mol. The number of hydrogen-bond acceptors (Lipinski definition) is 4. The van der Waals surface area contributed by atoms with Gasteiger partial charge in [0.25, 0.3) is 0 Å². The highest BCUT2D eigenvalue weighted by Gasteiger charge is 2.32. The third kappa shape index (κ3) is 3.74. The Morgan fingerprint density at radius 2 is 2.32 bits per heavy atom. The molecule has 2 aromatic rings. The van der Waals surface area contributed by atoms with Gasteiger partial charge in [-0.3, -0.25) is 4.79 Å². The lowest BCUT2D eigenvalue weighted by atomic mass is 10.1. The van der Waals surface area contributed by atoms with Crippen molar-refractivity contribution in [3.8, 4) is 0 Å². The average molecular weight is 345 g/mol. The van der Waals surface area contributed by atoms with Gasteiger partial charge in [0.2, 0.25) is 5.91 Å². The van der Waals surface area contributed by atoms with Crippen molar-refractivity contribution >= 4 is 23.0 Å². The molecule has 1 aromatic carbocycles. The smallest absolute Gasteiger partial charge is 0.318 e. The summed E-state index contributed by atoms with van der Waals surface area (Å²) >= 11 is 0. The highest BCUT2D eigenvalue weighted by molar-refractivity contribution is 5.88. The Hall–Kier alpha value is -2.61. The lowest BCUT2D eigenvalue weighted by Crippen LogP contribution is -2.59. The van der Waals surface area contributed by atoms with E-state index in [1.54, 1.807) is 0 Å². The molecule has 1 saturated heterocycles. The van der Waals surface area contributed by atoms with Crippen molar-refractivity contribution in [1.29, 1.82) is 0 Å².